The Balaban J connectivity index is 1.80. The van der Waals surface area contributed by atoms with Crippen LogP contribution in [0.4, 0.5) is 0 Å². The molecule has 4 rings (SSSR count). The summed E-state index contributed by atoms with van der Waals surface area (Å²) in [5.41, 5.74) is 0.416. The molecule has 1 aromatic carbocycles. The summed E-state index contributed by atoms with van der Waals surface area (Å²) in [5.74, 6) is 0.622. The zero-order valence-corrected chi connectivity index (χ0v) is 13.6. The van der Waals surface area contributed by atoms with E-state index < -0.39 is 23.5 Å². The maximum absolute atomic E-state index is 12.4. The predicted molar refractivity (Wildman–Crippen MR) is 86.8 cm³/mol. The van der Waals surface area contributed by atoms with E-state index in [1.165, 1.54) is 0 Å². The third kappa shape index (κ3) is 1.91. The highest BCUT2D eigenvalue weighted by molar-refractivity contribution is 5.86. The number of hydrogen-bond donors (Lipinski definition) is 2. The van der Waals surface area contributed by atoms with Gasteiger partial charge >= 0.3 is 0 Å². The molecule has 2 saturated carbocycles. The molecule has 1 aromatic rings. The van der Waals surface area contributed by atoms with Gasteiger partial charge in [-0.1, -0.05) is 19.1 Å². The fourth-order valence-electron chi connectivity index (χ4n) is 5.10. The molecular formula is C19H22O5. The quantitative estimate of drug-likeness (QED) is 0.829. The van der Waals surface area contributed by atoms with Gasteiger partial charge in [0.05, 0.1) is 6.10 Å². The average Bonchev–Trinajstić information content (AvgIpc) is 3.08. The number of aliphatic hydroxyl groups excluding tert-OH is 2. The van der Waals surface area contributed by atoms with Crippen LogP contribution >= 0.6 is 0 Å². The van der Waals surface area contributed by atoms with Crippen molar-refractivity contribution in [1.29, 1.82) is 0 Å². The van der Waals surface area contributed by atoms with Crippen LogP contribution in [0.3, 0.4) is 0 Å². The summed E-state index contributed by atoms with van der Waals surface area (Å²) in [6.45, 7) is 6.07. The second-order valence-corrected chi connectivity index (χ2v) is 7.26. The fourth-order valence-corrected chi connectivity index (χ4v) is 5.10. The van der Waals surface area contributed by atoms with Gasteiger partial charge < -0.3 is 19.7 Å². The number of hydrogen-bond acceptors (Lipinski definition) is 5. The Bertz CT molecular complexity index is 699. The van der Waals surface area contributed by atoms with Crippen LogP contribution in [0.15, 0.2) is 30.9 Å². The molecule has 0 saturated heterocycles. The van der Waals surface area contributed by atoms with Gasteiger partial charge in [0, 0.05) is 17.8 Å². The SMILES string of the molecule is C=CCC12CC(=O)C(O)C(C(c3ccc4c(c3)OCO4)C1C)C2O. The summed E-state index contributed by atoms with van der Waals surface area (Å²) < 4.78 is 10.8. The van der Waals surface area contributed by atoms with E-state index >= 15 is 0 Å². The van der Waals surface area contributed by atoms with Gasteiger partial charge in [0.25, 0.3) is 0 Å². The van der Waals surface area contributed by atoms with Crippen LogP contribution in [0.5, 0.6) is 11.5 Å². The highest BCUT2D eigenvalue weighted by Crippen LogP contribution is 2.62. The average molecular weight is 330 g/mol. The van der Waals surface area contributed by atoms with Gasteiger partial charge in [0.1, 0.15) is 6.10 Å². The Kier molecular flexibility index (Phi) is 3.48. The van der Waals surface area contributed by atoms with Crippen molar-refractivity contribution in [1.82, 2.24) is 0 Å². The topological polar surface area (TPSA) is 76.0 Å². The molecule has 5 nitrogen and oxygen atoms in total. The first-order chi connectivity index (χ1) is 11.5. The minimum Gasteiger partial charge on any atom is -0.454 e. The summed E-state index contributed by atoms with van der Waals surface area (Å²) in [7, 11) is 0. The summed E-state index contributed by atoms with van der Waals surface area (Å²) >= 11 is 0. The largest absolute Gasteiger partial charge is 0.454 e. The second-order valence-electron chi connectivity index (χ2n) is 7.26. The van der Waals surface area contributed by atoms with E-state index in [2.05, 4.69) is 13.5 Å². The minimum absolute atomic E-state index is 0.0389. The van der Waals surface area contributed by atoms with Crippen molar-refractivity contribution in [2.45, 2.75) is 37.9 Å². The Labute approximate surface area is 140 Å². The second kappa shape index (κ2) is 5.33. The smallest absolute Gasteiger partial charge is 0.231 e. The zero-order valence-electron chi connectivity index (χ0n) is 13.6. The number of rotatable bonds is 3. The number of allylic oxidation sites excluding steroid dienone is 1. The number of Topliss-reactive ketones (excluding diaryl/α,β-unsaturated/α-hetero) is 1. The molecule has 0 radical (unpaired) electrons. The van der Waals surface area contributed by atoms with E-state index in [1.54, 1.807) is 6.08 Å². The molecule has 0 amide bonds. The van der Waals surface area contributed by atoms with Gasteiger partial charge in [-0.05, 0) is 36.0 Å². The maximum atomic E-state index is 12.4. The maximum Gasteiger partial charge on any atom is 0.231 e. The van der Waals surface area contributed by atoms with E-state index in [0.29, 0.717) is 17.9 Å². The standard InChI is InChI=1S/C19H22O5/c1-3-6-19-8-12(20)17(21)16(18(19)22)15(10(19)2)11-4-5-13-14(7-11)24-9-23-13/h3-5,7,10,15-18,21-22H,1,6,8-9H2,2H3. The molecule has 2 N–H and O–H groups in total. The lowest BCUT2D eigenvalue weighted by Gasteiger charge is -2.40. The highest BCUT2D eigenvalue weighted by atomic mass is 16.7. The van der Waals surface area contributed by atoms with E-state index in [4.69, 9.17) is 9.47 Å². The number of carbonyl (C=O) groups is 1. The van der Waals surface area contributed by atoms with Crippen molar-refractivity contribution >= 4 is 5.78 Å². The molecular weight excluding hydrogens is 308 g/mol. The number of ether oxygens (including phenoxy) is 2. The first kappa shape index (κ1) is 15.7. The Morgan fingerprint density at radius 2 is 2.08 bits per heavy atom. The Morgan fingerprint density at radius 1 is 1.33 bits per heavy atom. The van der Waals surface area contributed by atoms with Crippen molar-refractivity contribution in [2.75, 3.05) is 6.79 Å². The first-order valence-corrected chi connectivity index (χ1v) is 8.39. The van der Waals surface area contributed by atoms with Crippen molar-refractivity contribution < 1.29 is 24.5 Å². The van der Waals surface area contributed by atoms with Gasteiger partial charge in [-0.25, -0.2) is 0 Å². The normalized spacial score (nSPS) is 40.0. The monoisotopic (exact) mass is 330 g/mol. The molecule has 1 aliphatic heterocycles. The molecule has 6 atom stereocenters. The molecule has 3 aliphatic rings. The third-order valence-electron chi connectivity index (χ3n) is 6.32. The van der Waals surface area contributed by atoms with Crippen LogP contribution < -0.4 is 9.47 Å². The number of carbonyl (C=O) groups excluding carboxylic acids is 1. The zero-order chi connectivity index (χ0) is 17.1. The van der Waals surface area contributed by atoms with Gasteiger partial charge in [0.2, 0.25) is 6.79 Å². The molecule has 2 fully saturated rings. The van der Waals surface area contributed by atoms with Gasteiger partial charge in [-0.15, -0.1) is 6.58 Å². The first-order valence-electron chi connectivity index (χ1n) is 8.39. The van der Waals surface area contributed by atoms with E-state index in [0.717, 1.165) is 5.56 Å². The van der Waals surface area contributed by atoms with Crippen LogP contribution in [0.2, 0.25) is 0 Å². The number of benzene rings is 1. The predicted octanol–water partition coefficient (Wildman–Crippen LogP) is 2.02. The van der Waals surface area contributed by atoms with Crippen molar-refractivity contribution in [3.8, 4) is 11.5 Å². The molecule has 2 aliphatic carbocycles. The number of fused-ring (bicyclic) bond motifs is 3. The summed E-state index contributed by atoms with van der Waals surface area (Å²) in [6, 6.07) is 5.71. The Morgan fingerprint density at radius 3 is 2.83 bits per heavy atom. The third-order valence-corrected chi connectivity index (χ3v) is 6.32. The van der Waals surface area contributed by atoms with Crippen LogP contribution in [0.25, 0.3) is 0 Å². The Hall–Kier alpha value is -1.85. The molecule has 2 bridgehead atoms. The van der Waals surface area contributed by atoms with Crippen molar-refractivity contribution in [3.05, 3.63) is 36.4 Å². The van der Waals surface area contributed by atoms with Crippen LogP contribution in [-0.4, -0.2) is 35.0 Å². The van der Waals surface area contributed by atoms with E-state index in [1.807, 2.05) is 18.2 Å². The van der Waals surface area contributed by atoms with Gasteiger partial charge in [-0.3, -0.25) is 4.79 Å². The number of ketones is 1. The lowest BCUT2D eigenvalue weighted by atomic mass is 9.66. The van der Waals surface area contributed by atoms with Crippen LogP contribution in [-0.2, 0) is 4.79 Å². The molecule has 24 heavy (non-hydrogen) atoms. The fraction of sp³-hybridized carbons (Fsp3) is 0.526. The molecule has 128 valence electrons. The van der Waals surface area contributed by atoms with Gasteiger partial charge in [0.15, 0.2) is 17.3 Å². The lowest BCUT2D eigenvalue weighted by Crippen LogP contribution is -2.49. The van der Waals surface area contributed by atoms with Crippen LogP contribution in [0, 0.1) is 17.3 Å². The summed E-state index contributed by atoms with van der Waals surface area (Å²) in [6.07, 6.45) is 0.668. The van der Waals surface area contributed by atoms with E-state index in [-0.39, 0.29) is 30.8 Å². The molecule has 0 aromatic heterocycles. The van der Waals surface area contributed by atoms with Crippen LogP contribution in [0.1, 0.15) is 31.2 Å². The molecule has 6 unspecified atom stereocenters. The number of aliphatic hydroxyl groups is 2. The van der Waals surface area contributed by atoms with Crippen molar-refractivity contribution in [2.24, 2.45) is 17.3 Å². The lowest BCUT2D eigenvalue weighted by molar-refractivity contribution is -0.146. The molecule has 5 heteroatoms. The summed E-state index contributed by atoms with van der Waals surface area (Å²) in [5, 5.41) is 21.4. The molecule has 1 heterocycles. The minimum atomic E-state index is -1.13. The van der Waals surface area contributed by atoms with Crippen molar-refractivity contribution in [3.63, 3.8) is 0 Å². The van der Waals surface area contributed by atoms with E-state index in [9.17, 15) is 15.0 Å². The summed E-state index contributed by atoms with van der Waals surface area (Å²) in [4.78, 5) is 12.4. The molecule has 0 spiro atoms. The highest BCUT2D eigenvalue weighted by Gasteiger charge is 2.64. The van der Waals surface area contributed by atoms with Gasteiger partial charge in [-0.2, -0.15) is 0 Å².